The zero-order valence-corrected chi connectivity index (χ0v) is 15.2. The Kier molecular flexibility index (Phi) is 6.07. The van der Waals surface area contributed by atoms with Crippen molar-refractivity contribution in [2.75, 3.05) is 7.11 Å². The Morgan fingerprint density at radius 2 is 1.93 bits per heavy atom. The van der Waals surface area contributed by atoms with Crippen LogP contribution in [0.1, 0.15) is 12.0 Å². The van der Waals surface area contributed by atoms with Crippen molar-refractivity contribution in [3.05, 3.63) is 54.1 Å². The minimum atomic E-state index is -0.992. The highest BCUT2D eigenvalue weighted by Crippen LogP contribution is 2.29. The van der Waals surface area contributed by atoms with Gasteiger partial charge in [0, 0.05) is 11.6 Å². The number of amides is 1. The second kappa shape index (κ2) is 8.87. The van der Waals surface area contributed by atoms with E-state index >= 15 is 0 Å². The second-order valence-corrected chi connectivity index (χ2v) is 6.19. The average molecular weight is 383 g/mol. The van der Waals surface area contributed by atoms with Crippen LogP contribution in [0, 0.1) is 0 Å². The number of para-hydroxylation sites is 1. The molecule has 0 unspecified atom stereocenters. The number of carbonyl (C=O) groups is 2. The maximum Gasteiger partial charge on any atom is 0.305 e. The number of methoxy groups -OCH3 is 1. The summed E-state index contributed by atoms with van der Waals surface area (Å²) < 4.78 is 5.39. The molecule has 1 aliphatic rings. The molecule has 2 aromatic rings. The summed E-state index contributed by atoms with van der Waals surface area (Å²) in [6.07, 6.45) is 0.173. The van der Waals surface area contributed by atoms with Crippen molar-refractivity contribution < 1.29 is 19.4 Å². The predicted molar refractivity (Wildman–Crippen MR) is 103 cm³/mol. The molecule has 1 amide bonds. The Balaban J connectivity index is 1.71. The van der Waals surface area contributed by atoms with Crippen molar-refractivity contribution in [2.24, 2.45) is 5.10 Å². The molecule has 0 saturated carbocycles. The van der Waals surface area contributed by atoms with Gasteiger partial charge in [-0.05, 0) is 23.6 Å². The number of hydrazine groups is 2. The Labute approximate surface area is 161 Å². The Morgan fingerprint density at radius 3 is 2.57 bits per heavy atom. The molecule has 0 spiro atoms. The number of nitrogens with one attached hydrogen (secondary N) is 4. The molecule has 2 aromatic carbocycles. The van der Waals surface area contributed by atoms with Gasteiger partial charge in [0.05, 0.1) is 13.5 Å². The van der Waals surface area contributed by atoms with Gasteiger partial charge in [0.25, 0.3) is 5.91 Å². The monoisotopic (exact) mass is 383 g/mol. The van der Waals surface area contributed by atoms with Gasteiger partial charge < -0.3 is 15.2 Å². The lowest BCUT2D eigenvalue weighted by atomic mass is 9.99. The van der Waals surface area contributed by atoms with Gasteiger partial charge in [0.15, 0.2) is 0 Å². The quantitative estimate of drug-likeness (QED) is 0.456. The van der Waals surface area contributed by atoms with E-state index in [1.807, 2.05) is 48.5 Å². The number of hydrogen-bond donors (Lipinski definition) is 5. The molecular formula is C19H21N5O4. The van der Waals surface area contributed by atoms with Crippen LogP contribution in [0.3, 0.4) is 0 Å². The third-order valence-electron chi connectivity index (χ3n) is 4.23. The number of benzene rings is 2. The molecule has 0 saturated heterocycles. The summed E-state index contributed by atoms with van der Waals surface area (Å²) in [4.78, 5) is 23.3. The van der Waals surface area contributed by atoms with E-state index in [0.717, 1.165) is 22.4 Å². The number of carboxylic acids is 1. The van der Waals surface area contributed by atoms with Crippen LogP contribution in [0.4, 0.5) is 0 Å². The molecule has 0 radical (unpaired) electrons. The Morgan fingerprint density at radius 1 is 1.18 bits per heavy atom. The molecule has 0 bridgehead atoms. The Hall–Kier alpha value is -3.59. The number of ether oxygens (including phenoxy) is 1. The summed E-state index contributed by atoms with van der Waals surface area (Å²) in [5.74, 6) is -0.664. The SMILES string of the molecule is COc1ccccc1-c1ccc(C[C@H](CC(=O)O)NC(=O)C2=NNNN2)cc1. The summed E-state index contributed by atoms with van der Waals surface area (Å²) in [6, 6.07) is 14.9. The summed E-state index contributed by atoms with van der Waals surface area (Å²) in [5.41, 5.74) is 10.2. The highest BCUT2D eigenvalue weighted by Gasteiger charge is 2.21. The van der Waals surface area contributed by atoms with E-state index in [1.54, 1.807) is 7.11 Å². The maximum absolute atomic E-state index is 12.1. The molecule has 3 rings (SSSR count). The van der Waals surface area contributed by atoms with Crippen LogP contribution in [0.5, 0.6) is 5.75 Å². The summed E-state index contributed by atoms with van der Waals surface area (Å²) in [6.45, 7) is 0. The number of carboxylic acid groups (broad SMARTS) is 1. The van der Waals surface area contributed by atoms with E-state index in [-0.39, 0.29) is 12.3 Å². The first-order valence-corrected chi connectivity index (χ1v) is 8.65. The molecule has 5 N–H and O–H groups in total. The van der Waals surface area contributed by atoms with Crippen molar-refractivity contribution in [1.29, 1.82) is 0 Å². The van der Waals surface area contributed by atoms with Crippen molar-refractivity contribution in [3.63, 3.8) is 0 Å². The Bertz CT molecular complexity index is 882. The number of amidine groups is 1. The molecule has 0 fully saturated rings. The molecule has 1 aliphatic heterocycles. The van der Waals surface area contributed by atoms with Gasteiger partial charge >= 0.3 is 5.97 Å². The lowest BCUT2D eigenvalue weighted by molar-refractivity contribution is -0.137. The highest BCUT2D eigenvalue weighted by atomic mass is 16.5. The highest BCUT2D eigenvalue weighted by molar-refractivity contribution is 6.38. The number of hydrogen-bond acceptors (Lipinski definition) is 7. The van der Waals surface area contributed by atoms with Gasteiger partial charge in [0.2, 0.25) is 5.84 Å². The van der Waals surface area contributed by atoms with Crippen LogP contribution in [0.15, 0.2) is 53.6 Å². The third kappa shape index (κ3) is 4.77. The first kappa shape index (κ1) is 19.2. The average Bonchev–Trinajstić information content (AvgIpc) is 3.23. The zero-order valence-electron chi connectivity index (χ0n) is 15.2. The molecule has 146 valence electrons. The zero-order chi connectivity index (χ0) is 19.9. The molecular weight excluding hydrogens is 362 g/mol. The van der Waals surface area contributed by atoms with Crippen molar-refractivity contribution in [3.8, 4) is 16.9 Å². The third-order valence-corrected chi connectivity index (χ3v) is 4.23. The van der Waals surface area contributed by atoms with E-state index in [0.29, 0.717) is 6.42 Å². The normalized spacial score (nSPS) is 13.7. The largest absolute Gasteiger partial charge is 0.496 e. The van der Waals surface area contributed by atoms with Crippen LogP contribution in [-0.4, -0.2) is 36.0 Å². The first-order chi connectivity index (χ1) is 13.6. The molecule has 28 heavy (non-hydrogen) atoms. The van der Waals surface area contributed by atoms with Crippen LogP contribution in [0.2, 0.25) is 0 Å². The molecule has 9 nitrogen and oxygen atoms in total. The van der Waals surface area contributed by atoms with E-state index < -0.39 is 17.9 Å². The van der Waals surface area contributed by atoms with Crippen molar-refractivity contribution >= 4 is 17.7 Å². The van der Waals surface area contributed by atoms with E-state index in [1.165, 1.54) is 0 Å². The number of aliphatic carboxylic acids is 1. The second-order valence-electron chi connectivity index (χ2n) is 6.19. The smallest absolute Gasteiger partial charge is 0.305 e. The van der Waals surface area contributed by atoms with Crippen LogP contribution >= 0.6 is 0 Å². The van der Waals surface area contributed by atoms with Crippen molar-refractivity contribution in [2.45, 2.75) is 18.9 Å². The topological polar surface area (TPSA) is 124 Å². The molecule has 9 heteroatoms. The van der Waals surface area contributed by atoms with E-state index in [2.05, 4.69) is 26.9 Å². The van der Waals surface area contributed by atoms with Gasteiger partial charge in [-0.3, -0.25) is 15.0 Å². The standard InChI is InChI=1S/C19H21N5O4/c1-28-16-5-3-2-4-15(16)13-8-6-12(7-9-13)10-14(11-17(25)26)20-19(27)18-21-23-24-22-18/h2-9,14,23-24H,10-11H2,1H3,(H,20,27)(H,21,22)(H,25,26)/t14-/m1/s1. The summed E-state index contributed by atoms with van der Waals surface area (Å²) in [7, 11) is 1.63. The van der Waals surface area contributed by atoms with Crippen LogP contribution < -0.4 is 26.5 Å². The van der Waals surface area contributed by atoms with Gasteiger partial charge in [-0.1, -0.05) is 42.5 Å². The molecule has 0 aromatic heterocycles. The summed E-state index contributed by atoms with van der Waals surface area (Å²) >= 11 is 0. The summed E-state index contributed by atoms with van der Waals surface area (Å²) in [5, 5.41) is 15.6. The predicted octanol–water partition coefficient (Wildman–Crippen LogP) is 0.790. The fourth-order valence-electron chi connectivity index (χ4n) is 2.93. The minimum Gasteiger partial charge on any atom is -0.496 e. The lowest BCUT2D eigenvalue weighted by Gasteiger charge is -2.17. The van der Waals surface area contributed by atoms with Crippen molar-refractivity contribution in [1.82, 2.24) is 21.8 Å². The first-order valence-electron chi connectivity index (χ1n) is 8.65. The van der Waals surface area contributed by atoms with E-state index in [9.17, 15) is 9.59 Å². The molecule has 1 heterocycles. The lowest BCUT2D eigenvalue weighted by Crippen LogP contribution is -2.47. The minimum absolute atomic E-state index is 0.0434. The fourth-order valence-corrected chi connectivity index (χ4v) is 2.93. The fraction of sp³-hybridized carbons (Fsp3) is 0.211. The van der Waals surface area contributed by atoms with Crippen LogP contribution in [0.25, 0.3) is 11.1 Å². The van der Waals surface area contributed by atoms with Gasteiger partial charge in [-0.2, -0.15) is 0 Å². The number of rotatable bonds is 8. The van der Waals surface area contributed by atoms with Gasteiger partial charge in [-0.25, -0.2) is 5.53 Å². The van der Waals surface area contributed by atoms with Crippen LogP contribution in [-0.2, 0) is 16.0 Å². The number of carbonyl (C=O) groups excluding carboxylic acids is 1. The van der Waals surface area contributed by atoms with Gasteiger partial charge in [0.1, 0.15) is 5.75 Å². The molecule has 1 atom stereocenters. The van der Waals surface area contributed by atoms with Gasteiger partial charge in [-0.15, -0.1) is 10.6 Å². The maximum atomic E-state index is 12.1. The van der Waals surface area contributed by atoms with E-state index in [4.69, 9.17) is 9.84 Å². The number of hydrazone groups is 1. The number of nitrogens with zero attached hydrogens (tertiary/aromatic N) is 1. The molecule has 0 aliphatic carbocycles.